The summed E-state index contributed by atoms with van der Waals surface area (Å²) >= 11 is 0. The smallest absolute Gasteiger partial charge is 0.275 e. The first kappa shape index (κ1) is 19.3. The minimum absolute atomic E-state index is 0.0869. The first-order valence-electron chi connectivity index (χ1n) is 7.90. The van der Waals surface area contributed by atoms with Crippen LogP contribution in [0.5, 0.6) is 0 Å². The highest BCUT2D eigenvalue weighted by atomic mass is 32.2. The van der Waals surface area contributed by atoms with Crippen molar-refractivity contribution >= 4 is 21.8 Å². The molecular formula is C15H22FN4O4S+. The van der Waals surface area contributed by atoms with Gasteiger partial charge in [0.15, 0.2) is 6.54 Å². The fourth-order valence-corrected chi connectivity index (χ4v) is 4.08. The number of nitrogens with one attached hydrogen (secondary N) is 3. The van der Waals surface area contributed by atoms with Gasteiger partial charge in [-0.15, -0.1) is 0 Å². The number of carbonyl (C=O) groups is 2. The number of nitrogens with zero attached hydrogens (tertiary/aromatic N) is 1. The van der Waals surface area contributed by atoms with E-state index in [9.17, 15) is 22.4 Å². The molecule has 8 nitrogen and oxygen atoms in total. The van der Waals surface area contributed by atoms with E-state index in [2.05, 4.69) is 10.6 Å². The predicted octanol–water partition coefficient (Wildman–Crippen LogP) is -2.42. The van der Waals surface area contributed by atoms with Crippen molar-refractivity contribution in [2.24, 2.45) is 0 Å². The van der Waals surface area contributed by atoms with Gasteiger partial charge < -0.3 is 15.5 Å². The molecule has 138 valence electrons. The van der Waals surface area contributed by atoms with Gasteiger partial charge in [0.1, 0.15) is 10.7 Å². The van der Waals surface area contributed by atoms with Crippen LogP contribution in [0.3, 0.4) is 0 Å². The number of hydrogen-bond donors (Lipinski definition) is 3. The van der Waals surface area contributed by atoms with Gasteiger partial charge >= 0.3 is 0 Å². The van der Waals surface area contributed by atoms with Gasteiger partial charge in [0.05, 0.1) is 32.7 Å². The molecule has 2 rings (SSSR count). The van der Waals surface area contributed by atoms with Crippen LogP contribution < -0.4 is 15.5 Å². The zero-order chi connectivity index (χ0) is 18.4. The molecule has 0 saturated carbocycles. The van der Waals surface area contributed by atoms with E-state index in [0.29, 0.717) is 13.1 Å². The molecule has 0 bridgehead atoms. The van der Waals surface area contributed by atoms with Crippen molar-refractivity contribution in [3.05, 3.63) is 30.1 Å². The molecule has 1 heterocycles. The maximum Gasteiger partial charge on any atom is 0.275 e. The third-order valence-electron chi connectivity index (χ3n) is 4.02. The third kappa shape index (κ3) is 4.97. The highest BCUT2D eigenvalue weighted by molar-refractivity contribution is 7.89. The summed E-state index contributed by atoms with van der Waals surface area (Å²) in [7, 11) is -2.40. The van der Waals surface area contributed by atoms with E-state index in [1.807, 2.05) is 0 Å². The Kier molecular flexibility index (Phi) is 6.45. The zero-order valence-electron chi connectivity index (χ0n) is 13.9. The number of rotatable bonds is 6. The Morgan fingerprint density at radius 3 is 2.44 bits per heavy atom. The van der Waals surface area contributed by atoms with Crippen LogP contribution in [0.2, 0.25) is 0 Å². The normalized spacial score (nSPS) is 16.4. The summed E-state index contributed by atoms with van der Waals surface area (Å²) in [5.41, 5.74) is 0. The topological polar surface area (TPSA) is 100 Å². The van der Waals surface area contributed by atoms with Crippen molar-refractivity contribution in [1.29, 1.82) is 0 Å². The van der Waals surface area contributed by atoms with Crippen LogP contribution in [0.1, 0.15) is 0 Å². The van der Waals surface area contributed by atoms with Gasteiger partial charge in [0, 0.05) is 7.05 Å². The lowest BCUT2D eigenvalue weighted by Gasteiger charge is -2.31. The van der Waals surface area contributed by atoms with Crippen LogP contribution in [0, 0.1) is 5.82 Å². The molecule has 0 radical (unpaired) electrons. The Balaban J connectivity index is 1.88. The molecule has 1 aromatic carbocycles. The fourth-order valence-electron chi connectivity index (χ4n) is 2.57. The Bertz CT molecular complexity index is 733. The number of quaternary nitrogens is 1. The van der Waals surface area contributed by atoms with Crippen molar-refractivity contribution in [2.45, 2.75) is 4.90 Å². The second-order valence-electron chi connectivity index (χ2n) is 5.71. The Morgan fingerprint density at radius 1 is 1.20 bits per heavy atom. The summed E-state index contributed by atoms with van der Waals surface area (Å²) in [4.78, 5) is 23.5. The van der Waals surface area contributed by atoms with Crippen LogP contribution in [-0.2, 0) is 19.6 Å². The molecule has 0 unspecified atom stereocenters. The molecule has 1 fully saturated rings. The minimum Gasteiger partial charge on any atom is -0.358 e. The summed E-state index contributed by atoms with van der Waals surface area (Å²) in [6.45, 7) is 1.34. The Hall–Kier alpha value is -2.04. The van der Waals surface area contributed by atoms with E-state index < -0.39 is 15.8 Å². The molecule has 1 aromatic rings. The lowest BCUT2D eigenvalue weighted by Crippen LogP contribution is -3.15. The predicted molar refractivity (Wildman–Crippen MR) is 87.8 cm³/mol. The van der Waals surface area contributed by atoms with Crippen LogP contribution in [-0.4, -0.2) is 70.9 Å². The van der Waals surface area contributed by atoms with Gasteiger partial charge in [-0.2, -0.15) is 4.31 Å². The number of hydrogen-bond acceptors (Lipinski definition) is 4. The van der Waals surface area contributed by atoms with Crippen molar-refractivity contribution in [2.75, 3.05) is 46.3 Å². The van der Waals surface area contributed by atoms with Gasteiger partial charge in [-0.1, -0.05) is 12.1 Å². The van der Waals surface area contributed by atoms with Crippen LogP contribution in [0.4, 0.5) is 4.39 Å². The lowest BCUT2D eigenvalue weighted by molar-refractivity contribution is -0.895. The van der Waals surface area contributed by atoms with E-state index >= 15 is 0 Å². The maximum atomic E-state index is 13.8. The van der Waals surface area contributed by atoms with Gasteiger partial charge in [0.25, 0.3) is 5.91 Å². The van der Waals surface area contributed by atoms with Crippen molar-refractivity contribution < 1.29 is 27.3 Å². The summed E-state index contributed by atoms with van der Waals surface area (Å²) in [6, 6.07) is 5.28. The quantitative estimate of drug-likeness (QED) is 0.517. The van der Waals surface area contributed by atoms with Gasteiger partial charge in [-0.05, 0) is 12.1 Å². The lowest BCUT2D eigenvalue weighted by atomic mass is 10.3. The number of amides is 2. The maximum absolute atomic E-state index is 13.8. The van der Waals surface area contributed by atoms with E-state index in [-0.39, 0.29) is 42.9 Å². The average molecular weight is 373 g/mol. The third-order valence-corrected chi connectivity index (χ3v) is 5.95. The second-order valence-corrected chi connectivity index (χ2v) is 7.62. The van der Waals surface area contributed by atoms with Gasteiger partial charge in [-0.3, -0.25) is 9.59 Å². The SMILES string of the molecule is CNC(=O)CNC(=O)C[NH+]1CCN(S(=O)(=O)c2ccccc2F)CC1. The number of piperazine rings is 1. The number of benzene rings is 1. The van der Waals surface area contributed by atoms with Crippen molar-refractivity contribution in [3.63, 3.8) is 0 Å². The Morgan fingerprint density at radius 2 is 1.84 bits per heavy atom. The highest BCUT2D eigenvalue weighted by Gasteiger charge is 2.32. The fraction of sp³-hybridized carbons (Fsp3) is 0.467. The van der Waals surface area contributed by atoms with Gasteiger partial charge in [0.2, 0.25) is 15.9 Å². The van der Waals surface area contributed by atoms with Crippen LogP contribution in [0.25, 0.3) is 0 Å². The van der Waals surface area contributed by atoms with E-state index in [1.54, 1.807) is 0 Å². The molecule has 0 spiro atoms. The second kappa shape index (κ2) is 8.37. The van der Waals surface area contributed by atoms with Crippen molar-refractivity contribution in [1.82, 2.24) is 14.9 Å². The largest absolute Gasteiger partial charge is 0.358 e. The molecule has 0 aromatic heterocycles. The van der Waals surface area contributed by atoms with E-state index in [1.165, 1.54) is 29.6 Å². The van der Waals surface area contributed by atoms with E-state index in [0.717, 1.165) is 11.0 Å². The van der Waals surface area contributed by atoms with Gasteiger partial charge in [-0.25, -0.2) is 12.8 Å². The minimum atomic E-state index is -3.88. The molecule has 0 aliphatic carbocycles. The molecule has 1 aliphatic heterocycles. The molecule has 3 N–H and O–H groups in total. The molecule has 1 saturated heterocycles. The van der Waals surface area contributed by atoms with E-state index in [4.69, 9.17) is 0 Å². The van der Waals surface area contributed by atoms with Crippen LogP contribution in [0.15, 0.2) is 29.2 Å². The molecule has 2 amide bonds. The number of sulfonamides is 1. The zero-order valence-corrected chi connectivity index (χ0v) is 14.7. The molecular weight excluding hydrogens is 351 g/mol. The van der Waals surface area contributed by atoms with Crippen molar-refractivity contribution in [3.8, 4) is 0 Å². The standard InChI is InChI=1S/C15H21FN4O4S/c1-17-14(21)10-18-15(22)11-19-6-8-20(9-7-19)25(23,24)13-5-3-2-4-12(13)16/h2-5H,6-11H2,1H3,(H,17,21)(H,18,22)/p+1. The van der Waals surface area contributed by atoms with Crippen LogP contribution >= 0.6 is 0 Å². The number of carbonyl (C=O) groups excluding carboxylic acids is 2. The molecule has 0 atom stereocenters. The molecule has 25 heavy (non-hydrogen) atoms. The first-order chi connectivity index (χ1) is 11.8. The summed E-state index contributed by atoms with van der Waals surface area (Å²) in [5, 5.41) is 4.90. The number of halogens is 1. The average Bonchev–Trinajstić information content (AvgIpc) is 2.60. The Labute approximate surface area is 146 Å². The highest BCUT2D eigenvalue weighted by Crippen LogP contribution is 2.18. The summed E-state index contributed by atoms with van der Waals surface area (Å²) < 4.78 is 40.0. The summed E-state index contributed by atoms with van der Waals surface area (Å²) in [5.74, 6) is -1.33. The first-order valence-corrected chi connectivity index (χ1v) is 9.34. The molecule has 10 heteroatoms. The molecule has 1 aliphatic rings. The number of likely N-dealkylation sites (N-methyl/N-ethyl adjacent to an activating group) is 1. The monoisotopic (exact) mass is 373 g/mol. The summed E-state index contributed by atoms with van der Waals surface area (Å²) in [6.07, 6.45) is 0.